The molecule has 1 aromatic rings. The Hall–Kier alpha value is -0.570. The van der Waals surface area contributed by atoms with E-state index in [0.717, 1.165) is 36.3 Å². The molecule has 1 aromatic carbocycles. The molecule has 1 fully saturated rings. The maximum atomic E-state index is 6.17. The summed E-state index contributed by atoms with van der Waals surface area (Å²) in [7, 11) is 0. The van der Waals surface area contributed by atoms with E-state index in [1.807, 2.05) is 19.1 Å². The van der Waals surface area contributed by atoms with E-state index in [2.05, 4.69) is 6.07 Å². The number of hydrogen-bond donors (Lipinski definition) is 1. The van der Waals surface area contributed by atoms with Gasteiger partial charge < -0.3 is 10.5 Å². The molecule has 94 valence electrons. The van der Waals surface area contributed by atoms with Gasteiger partial charge in [-0.05, 0) is 49.8 Å². The molecule has 2 nitrogen and oxygen atoms in total. The maximum absolute atomic E-state index is 6.17. The van der Waals surface area contributed by atoms with Crippen molar-refractivity contribution >= 4 is 11.6 Å². The van der Waals surface area contributed by atoms with Crippen molar-refractivity contribution in [3.8, 4) is 0 Å². The minimum absolute atomic E-state index is 0.354. The second-order valence-electron chi connectivity index (χ2n) is 4.94. The predicted octanol–water partition coefficient (Wildman–Crippen LogP) is 3.43. The number of benzene rings is 1. The molecule has 0 aliphatic heterocycles. The van der Waals surface area contributed by atoms with Crippen LogP contribution in [-0.4, -0.2) is 12.1 Å². The molecule has 0 radical (unpaired) electrons. The highest BCUT2D eigenvalue weighted by atomic mass is 35.5. The Balaban J connectivity index is 1.85. The SMILES string of the molecule is Cc1ccc(COC2CCC(N)CC2)c(Cl)c1. The largest absolute Gasteiger partial charge is 0.373 e. The van der Waals surface area contributed by atoms with E-state index in [9.17, 15) is 0 Å². The Bertz CT molecular complexity index is 372. The van der Waals surface area contributed by atoms with Gasteiger partial charge in [-0.15, -0.1) is 0 Å². The first-order valence-electron chi connectivity index (χ1n) is 6.27. The quantitative estimate of drug-likeness (QED) is 0.896. The van der Waals surface area contributed by atoms with Gasteiger partial charge in [-0.2, -0.15) is 0 Å². The molecular weight excluding hydrogens is 234 g/mol. The predicted molar refractivity (Wildman–Crippen MR) is 71.2 cm³/mol. The van der Waals surface area contributed by atoms with Crippen LogP contribution >= 0.6 is 11.6 Å². The molecule has 2 rings (SSSR count). The first-order valence-corrected chi connectivity index (χ1v) is 6.65. The zero-order valence-corrected chi connectivity index (χ0v) is 11.0. The fraction of sp³-hybridized carbons (Fsp3) is 0.571. The smallest absolute Gasteiger partial charge is 0.0735 e. The summed E-state index contributed by atoms with van der Waals surface area (Å²) in [6.45, 7) is 2.65. The molecule has 1 aliphatic rings. The van der Waals surface area contributed by atoms with Gasteiger partial charge in [0, 0.05) is 11.1 Å². The molecule has 0 bridgehead atoms. The van der Waals surface area contributed by atoms with Crippen LogP contribution in [0.4, 0.5) is 0 Å². The molecule has 0 saturated heterocycles. The van der Waals surface area contributed by atoms with E-state index >= 15 is 0 Å². The van der Waals surface area contributed by atoms with Crippen LogP contribution in [0.2, 0.25) is 5.02 Å². The summed E-state index contributed by atoms with van der Waals surface area (Å²) in [6.07, 6.45) is 4.65. The van der Waals surface area contributed by atoms with Crippen molar-refractivity contribution in [2.45, 2.75) is 51.4 Å². The highest BCUT2D eigenvalue weighted by Gasteiger charge is 2.19. The molecule has 1 aliphatic carbocycles. The van der Waals surface area contributed by atoms with Gasteiger partial charge in [0.25, 0.3) is 0 Å². The van der Waals surface area contributed by atoms with Crippen molar-refractivity contribution in [1.29, 1.82) is 0 Å². The lowest BCUT2D eigenvalue weighted by Gasteiger charge is -2.26. The van der Waals surface area contributed by atoms with Crippen molar-refractivity contribution in [3.05, 3.63) is 34.3 Å². The lowest BCUT2D eigenvalue weighted by molar-refractivity contribution is 0.0138. The van der Waals surface area contributed by atoms with Crippen molar-refractivity contribution in [1.82, 2.24) is 0 Å². The molecular formula is C14H20ClNO. The first kappa shape index (κ1) is 12.9. The summed E-state index contributed by atoms with van der Waals surface area (Å²) in [6, 6.07) is 6.47. The molecule has 3 heteroatoms. The van der Waals surface area contributed by atoms with Crippen LogP contribution in [0.25, 0.3) is 0 Å². The van der Waals surface area contributed by atoms with Crippen LogP contribution in [0.15, 0.2) is 18.2 Å². The number of ether oxygens (including phenoxy) is 1. The fourth-order valence-corrected chi connectivity index (χ4v) is 2.52. The molecule has 0 unspecified atom stereocenters. The monoisotopic (exact) mass is 253 g/mol. The fourth-order valence-electron chi connectivity index (χ4n) is 2.23. The first-order chi connectivity index (χ1) is 8.15. The summed E-state index contributed by atoms with van der Waals surface area (Å²) in [5.41, 5.74) is 8.13. The molecule has 0 aromatic heterocycles. The van der Waals surface area contributed by atoms with Crippen LogP contribution in [0.5, 0.6) is 0 Å². The van der Waals surface area contributed by atoms with E-state index < -0.39 is 0 Å². The van der Waals surface area contributed by atoms with Gasteiger partial charge >= 0.3 is 0 Å². The number of nitrogens with two attached hydrogens (primary N) is 1. The molecule has 0 spiro atoms. The third-order valence-electron chi connectivity index (χ3n) is 3.40. The van der Waals surface area contributed by atoms with Crippen LogP contribution in [-0.2, 0) is 11.3 Å². The van der Waals surface area contributed by atoms with Crippen LogP contribution < -0.4 is 5.73 Å². The zero-order chi connectivity index (χ0) is 12.3. The van der Waals surface area contributed by atoms with Gasteiger partial charge in [-0.3, -0.25) is 0 Å². The van der Waals surface area contributed by atoms with Gasteiger partial charge in [-0.1, -0.05) is 23.7 Å². The van der Waals surface area contributed by atoms with Crippen molar-refractivity contribution < 1.29 is 4.74 Å². The number of halogens is 1. The molecule has 1 saturated carbocycles. The minimum Gasteiger partial charge on any atom is -0.373 e. The molecule has 2 N–H and O–H groups in total. The Morgan fingerprint density at radius 1 is 1.29 bits per heavy atom. The molecule has 17 heavy (non-hydrogen) atoms. The summed E-state index contributed by atoms with van der Waals surface area (Å²) < 4.78 is 5.90. The molecule has 0 heterocycles. The third kappa shape index (κ3) is 3.70. The van der Waals surface area contributed by atoms with E-state index in [1.165, 1.54) is 5.56 Å². The van der Waals surface area contributed by atoms with Gasteiger partial charge in [0.15, 0.2) is 0 Å². The average molecular weight is 254 g/mol. The highest BCUT2D eigenvalue weighted by molar-refractivity contribution is 6.31. The van der Waals surface area contributed by atoms with Gasteiger partial charge in [0.1, 0.15) is 0 Å². The van der Waals surface area contributed by atoms with E-state index in [4.69, 9.17) is 22.1 Å². The van der Waals surface area contributed by atoms with Crippen molar-refractivity contribution in [3.63, 3.8) is 0 Å². The van der Waals surface area contributed by atoms with E-state index in [1.54, 1.807) is 0 Å². The highest BCUT2D eigenvalue weighted by Crippen LogP contribution is 2.23. The standard InChI is InChI=1S/C14H20ClNO/c1-10-2-3-11(14(15)8-10)9-17-13-6-4-12(16)5-7-13/h2-3,8,12-13H,4-7,9,16H2,1H3. The maximum Gasteiger partial charge on any atom is 0.0735 e. The summed E-state index contributed by atoms with van der Waals surface area (Å²) >= 11 is 6.17. The number of aryl methyl sites for hydroxylation is 1. The topological polar surface area (TPSA) is 35.2 Å². The van der Waals surface area contributed by atoms with Gasteiger partial charge in [-0.25, -0.2) is 0 Å². The molecule has 0 amide bonds. The summed E-state index contributed by atoms with van der Waals surface area (Å²) in [5, 5.41) is 0.803. The van der Waals surface area contributed by atoms with E-state index in [0.29, 0.717) is 18.8 Å². The normalized spacial score (nSPS) is 24.9. The average Bonchev–Trinajstić information content (AvgIpc) is 2.30. The van der Waals surface area contributed by atoms with Gasteiger partial charge in [0.05, 0.1) is 12.7 Å². The summed E-state index contributed by atoms with van der Waals surface area (Å²) in [5.74, 6) is 0. The lowest BCUT2D eigenvalue weighted by Crippen LogP contribution is -2.30. The van der Waals surface area contributed by atoms with Crippen molar-refractivity contribution in [2.75, 3.05) is 0 Å². The number of hydrogen-bond acceptors (Lipinski definition) is 2. The van der Waals surface area contributed by atoms with Crippen LogP contribution in [0, 0.1) is 6.92 Å². The Kier molecular flexibility index (Phi) is 4.43. The Morgan fingerprint density at radius 2 is 2.00 bits per heavy atom. The lowest BCUT2D eigenvalue weighted by atomic mass is 9.94. The Morgan fingerprint density at radius 3 is 2.65 bits per heavy atom. The summed E-state index contributed by atoms with van der Waals surface area (Å²) in [4.78, 5) is 0. The second kappa shape index (κ2) is 5.85. The number of rotatable bonds is 3. The Labute approximate surface area is 108 Å². The second-order valence-corrected chi connectivity index (χ2v) is 5.35. The zero-order valence-electron chi connectivity index (χ0n) is 10.3. The van der Waals surface area contributed by atoms with Crippen LogP contribution in [0.3, 0.4) is 0 Å². The third-order valence-corrected chi connectivity index (χ3v) is 3.75. The van der Waals surface area contributed by atoms with Gasteiger partial charge in [0.2, 0.25) is 0 Å². The van der Waals surface area contributed by atoms with E-state index in [-0.39, 0.29) is 0 Å². The van der Waals surface area contributed by atoms with Crippen molar-refractivity contribution in [2.24, 2.45) is 5.73 Å². The molecule has 0 atom stereocenters. The van der Waals surface area contributed by atoms with Crippen LogP contribution in [0.1, 0.15) is 36.8 Å². The minimum atomic E-state index is 0.354.